The van der Waals surface area contributed by atoms with Crippen molar-refractivity contribution in [3.05, 3.63) is 11.6 Å². The SMILES string of the molecule is CCOC(=O)C1=C[C@H]2C[C@@H]3CCC[C@@H]3[C@@]12O. The highest BCUT2D eigenvalue weighted by atomic mass is 16.5. The molecule has 88 valence electrons. The predicted molar refractivity (Wildman–Crippen MR) is 58.6 cm³/mol. The zero-order valence-electron chi connectivity index (χ0n) is 9.61. The number of carbonyl (C=O) groups is 1. The summed E-state index contributed by atoms with van der Waals surface area (Å²) in [6.45, 7) is 2.18. The van der Waals surface area contributed by atoms with Crippen molar-refractivity contribution in [2.45, 2.75) is 38.2 Å². The van der Waals surface area contributed by atoms with Crippen LogP contribution in [-0.4, -0.2) is 23.3 Å². The smallest absolute Gasteiger partial charge is 0.336 e. The number of carbonyl (C=O) groups excluding carboxylic acids is 1. The molecule has 0 radical (unpaired) electrons. The molecule has 16 heavy (non-hydrogen) atoms. The lowest BCUT2D eigenvalue weighted by molar-refractivity contribution is -0.144. The Hall–Kier alpha value is -0.830. The second-order valence-electron chi connectivity index (χ2n) is 5.27. The number of hydrogen-bond donors (Lipinski definition) is 1. The standard InChI is InChI=1S/C13H18O3/c1-2-16-12(14)11-7-9-6-8-4-3-5-10(8)13(9,11)15/h7-10,15H,2-6H2,1H3/t8-,9+,10-,13+/m0/s1. The normalized spacial score (nSPS) is 44.4. The average Bonchev–Trinajstić information content (AvgIpc) is 2.76. The zero-order valence-corrected chi connectivity index (χ0v) is 9.61. The minimum absolute atomic E-state index is 0.210. The topological polar surface area (TPSA) is 46.5 Å². The van der Waals surface area contributed by atoms with Crippen molar-refractivity contribution in [2.75, 3.05) is 6.61 Å². The molecule has 0 amide bonds. The van der Waals surface area contributed by atoms with E-state index in [-0.39, 0.29) is 11.9 Å². The summed E-state index contributed by atoms with van der Waals surface area (Å²) in [5.41, 5.74) is -0.304. The van der Waals surface area contributed by atoms with Crippen molar-refractivity contribution in [1.29, 1.82) is 0 Å². The minimum Gasteiger partial charge on any atom is -0.463 e. The van der Waals surface area contributed by atoms with Gasteiger partial charge in [-0.05, 0) is 31.6 Å². The third-order valence-electron chi connectivity index (χ3n) is 4.64. The molecule has 3 heteroatoms. The Bertz CT molecular complexity index is 360. The van der Waals surface area contributed by atoms with Crippen molar-refractivity contribution in [1.82, 2.24) is 0 Å². The van der Waals surface area contributed by atoms with Crippen molar-refractivity contribution >= 4 is 5.97 Å². The van der Waals surface area contributed by atoms with Gasteiger partial charge in [0.1, 0.15) is 5.60 Å². The quantitative estimate of drug-likeness (QED) is 0.723. The first kappa shape index (κ1) is 10.3. The lowest BCUT2D eigenvalue weighted by Gasteiger charge is -2.42. The summed E-state index contributed by atoms with van der Waals surface area (Å²) in [5.74, 6) is 0.830. The fraction of sp³-hybridized carbons (Fsp3) is 0.769. The molecule has 0 heterocycles. The van der Waals surface area contributed by atoms with Crippen LogP contribution in [0.25, 0.3) is 0 Å². The molecule has 0 aromatic carbocycles. The van der Waals surface area contributed by atoms with Crippen LogP contribution in [0.4, 0.5) is 0 Å². The van der Waals surface area contributed by atoms with Gasteiger partial charge in [-0.2, -0.15) is 0 Å². The number of fused-ring (bicyclic) bond motifs is 3. The minimum atomic E-state index is -0.840. The molecule has 0 aromatic heterocycles. The maximum atomic E-state index is 11.7. The maximum absolute atomic E-state index is 11.7. The van der Waals surface area contributed by atoms with Crippen LogP contribution in [0.1, 0.15) is 32.6 Å². The molecule has 0 aromatic rings. The van der Waals surface area contributed by atoms with Crippen molar-refractivity contribution < 1.29 is 14.6 Å². The zero-order chi connectivity index (χ0) is 11.3. The van der Waals surface area contributed by atoms with Gasteiger partial charge in [0.2, 0.25) is 0 Å². The largest absolute Gasteiger partial charge is 0.463 e. The van der Waals surface area contributed by atoms with Gasteiger partial charge in [-0.15, -0.1) is 0 Å². The van der Waals surface area contributed by atoms with Gasteiger partial charge in [-0.1, -0.05) is 18.9 Å². The van der Waals surface area contributed by atoms with Crippen LogP contribution in [-0.2, 0) is 9.53 Å². The molecule has 0 saturated heterocycles. The molecule has 2 fully saturated rings. The van der Waals surface area contributed by atoms with E-state index < -0.39 is 5.60 Å². The number of ether oxygens (including phenoxy) is 1. The van der Waals surface area contributed by atoms with Crippen LogP contribution in [0.15, 0.2) is 11.6 Å². The molecule has 2 saturated carbocycles. The Morgan fingerprint density at radius 1 is 1.62 bits per heavy atom. The summed E-state index contributed by atoms with van der Waals surface area (Å²) in [5, 5.41) is 10.7. The molecule has 0 aliphatic heterocycles. The Balaban J connectivity index is 1.84. The second kappa shape index (κ2) is 3.33. The summed E-state index contributed by atoms with van der Waals surface area (Å²) in [6, 6.07) is 0. The molecule has 1 N–H and O–H groups in total. The molecule has 0 unspecified atom stereocenters. The first-order chi connectivity index (χ1) is 7.67. The average molecular weight is 222 g/mol. The predicted octanol–water partition coefficient (Wildman–Crippen LogP) is 1.66. The van der Waals surface area contributed by atoms with Crippen molar-refractivity contribution in [2.24, 2.45) is 17.8 Å². The Kier molecular flexibility index (Phi) is 2.15. The van der Waals surface area contributed by atoms with Crippen LogP contribution < -0.4 is 0 Å². The van der Waals surface area contributed by atoms with E-state index in [1.807, 2.05) is 6.08 Å². The highest BCUT2D eigenvalue weighted by Crippen LogP contribution is 2.60. The van der Waals surface area contributed by atoms with Gasteiger partial charge in [0.15, 0.2) is 0 Å². The van der Waals surface area contributed by atoms with E-state index in [0.29, 0.717) is 24.0 Å². The number of rotatable bonds is 2. The van der Waals surface area contributed by atoms with E-state index in [1.54, 1.807) is 6.92 Å². The van der Waals surface area contributed by atoms with Crippen LogP contribution in [0.3, 0.4) is 0 Å². The van der Waals surface area contributed by atoms with Gasteiger partial charge in [0, 0.05) is 5.92 Å². The lowest BCUT2D eigenvalue weighted by atomic mass is 9.68. The summed E-state index contributed by atoms with van der Waals surface area (Å²) in [6.07, 6.45) is 6.46. The number of aliphatic hydroxyl groups is 1. The van der Waals surface area contributed by atoms with Crippen LogP contribution in [0.2, 0.25) is 0 Å². The molecular weight excluding hydrogens is 204 g/mol. The second-order valence-corrected chi connectivity index (χ2v) is 5.27. The van der Waals surface area contributed by atoms with E-state index in [0.717, 1.165) is 12.8 Å². The Morgan fingerprint density at radius 2 is 2.44 bits per heavy atom. The van der Waals surface area contributed by atoms with Crippen LogP contribution in [0.5, 0.6) is 0 Å². The van der Waals surface area contributed by atoms with E-state index >= 15 is 0 Å². The molecule has 3 rings (SSSR count). The molecule has 3 nitrogen and oxygen atoms in total. The van der Waals surface area contributed by atoms with Gasteiger partial charge in [-0.3, -0.25) is 0 Å². The van der Waals surface area contributed by atoms with E-state index in [4.69, 9.17) is 4.74 Å². The first-order valence-corrected chi connectivity index (χ1v) is 6.29. The van der Waals surface area contributed by atoms with Gasteiger partial charge >= 0.3 is 5.97 Å². The van der Waals surface area contributed by atoms with Gasteiger partial charge in [0.25, 0.3) is 0 Å². The van der Waals surface area contributed by atoms with Gasteiger partial charge < -0.3 is 9.84 Å². The number of hydrogen-bond acceptors (Lipinski definition) is 3. The lowest BCUT2D eigenvalue weighted by Crippen LogP contribution is -2.50. The molecule has 3 aliphatic carbocycles. The third-order valence-corrected chi connectivity index (χ3v) is 4.64. The van der Waals surface area contributed by atoms with Crippen LogP contribution in [0, 0.1) is 17.8 Å². The van der Waals surface area contributed by atoms with E-state index in [1.165, 1.54) is 12.8 Å². The number of esters is 1. The molecule has 0 bridgehead atoms. The van der Waals surface area contributed by atoms with Crippen LogP contribution >= 0.6 is 0 Å². The third kappa shape index (κ3) is 1.10. The van der Waals surface area contributed by atoms with Crippen molar-refractivity contribution in [3.8, 4) is 0 Å². The van der Waals surface area contributed by atoms with E-state index in [9.17, 15) is 9.90 Å². The molecular formula is C13H18O3. The summed E-state index contributed by atoms with van der Waals surface area (Å²) < 4.78 is 5.00. The van der Waals surface area contributed by atoms with Gasteiger partial charge in [-0.25, -0.2) is 4.79 Å². The molecule has 3 aliphatic rings. The fourth-order valence-electron chi connectivity index (χ4n) is 3.95. The highest BCUT2D eigenvalue weighted by Gasteiger charge is 2.63. The Labute approximate surface area is 95.5 Å². The summed E-state index contributed by atoms with van der Waals surface area (Å²) in [4.78, 5) is 11.7. The molecule has 0 spiro atoms. The van der Waals surface area contributed by atoms with E-state index in [2.05, 4.69) is 0 Å². The summed E-state index contributed by atoms with van der Waals surface area (Å²) in [7, 11) is 0. The maximum Gasteiger partial charge on any atom is 0.336 e. The Morgan fingerprint density at radius 3 is 3.19 bits per heavy atom. The monoisotopic (exact) mass is 222 g/mol. The summed E-state index contributed by atoms with van der Waals surface area (Å²) >= 11 is 0. The van der Waals surface area contributed by atoms with Gasteiger partial charge in [0.05, 0.1) is 12.2 Å². The molecule has 4 atom stereocenters. The van der Waals surface area contributed by atoms with Crippen molar-refractivity contribution in [3.63, 3.8) is 0 Å². The first-order valence-electron chi connectivity index (χ1n) is 6.29. The highest BCUT2D eigenvalue weighted by molar-refractivity contribution is 5.93. The fourth-order valence-corrected chi connectivity index (χ4v) is 3.95.